The minimum absolute atomic E-state index is 0.114. The molecule has 0 saturated carbocycles. The summed E-state index contributed by atoms with van der Waals surface area (Å²) >= 11 is 0. The molecule has 1 saturated heterocycles. The molecule has 2 heterocycles. The molecule has 3 heteroatoms. The maximum absolute atomic E-state index is 9.11. The van der Waals surface area contributed by atoms with Crippen molar-refractivity contribution in [1.29, 1.82) is 0 Å². The first-order valence-electron chi connectivity index (χ1n) is 5.09. The number of nitrogens with one attached hydrogen (secondary N) is 1. The van der Waals surface area contributed by atoms with Crippen molar-refractivity contribution >= 4 is 0 Å². The third-order valence-electron chi connectivity index (χ3n) is 3.11. The SMILES string of the molecule is OCCC1(c2cccnc2)CCNC1. The molecule has 0 aromatic carbocycles. The Labute approximate surface area is 84.2 Å². The van der Waals surface area contributed by atoms with Gasteiger partial charge in [0.15, 0.2) is 0 Å². The minimum atomic E-state index is 0.114. The van der Waals surface area contributed by atoms with E-state index in [-0.39, 0.29) is 12.0 Å². The fourth-order valence-electron chi connectivity index (χ4n) is 2.24. The Morgan fingerprint density at radius 3 is 3.07 bits per heavy atom. The summed E-state index contributed by atoms with van der Waals surface area (Å²) in [5, 5.41) is 12.5. The number of aromatic nitrogens is 1. The van der Waals surface area contributed by atoms with Crippen LogP contribution in [0.5, 0.6) is 0 Å². The van der Waals surface area contributed by atoms with Crippen LogP contribution in [0.15, 0.2) is 24.5 Å². The Morgan fingerprint density at radius 2 is 2.50 bits per heavy atom. The molecule has 1 atom stereocenters. The monoisotopic (exact) mass is 192 g/mol. The average molecular weight is 192 g/mol. The molecule has 14 heavy (non-hydrogen) atoms. The van der Waals surface area contributed by atoms with Crippen LogP contribution >= 0.6 is 0 Å². The number of rotatable bonds is 3. The van der Waals surface area contributed by atoms with Crippen LogP contribution in [0, 0.1) is 0 Å². The molecule has 2 N–H and O–H groups in total. The molecule has 1 fully saturated rings. The molecule has 76 valence electrons. The number of aliphatic hydroxyl groups is 1. The fourth-order valence-corrected chi connectivity index (χ4v) is 2.24. The van der Waals surface area contributed by atoms with Crippen LogP contribution in [0.1, 0.15) is 18.4 Å². The molecule has 0 bridgehead atoms. The Balaban J connectivity index is 2.27. The summed E-state index contributed by atoms with van der Waals surface area (Å²) < 4.78 is 0. The van der Waals surface area contributed by atoms with E-state index in [4.69, 9.17) is 5.11 Å². The second-order valence-corrected chi connectivity index (χ2v) is 3.92. The Hall–Kier alpha value is -0.930. The predicted octanol–water partition coefficient (Wildman–Crippen LogP) is 0.695. The first-order valence-corrected chi connectivity index (χ1v) is 5.09. The predicted molar refractivity (Wildman–Crippen MR) is 55.1 cm³/mol. The van der Waals surface area contributed by atoms with Crippen LogP contribution in [0.4, 0.5) is 0 Å². The van der Waals surface area contributed by atoms with Gasteiger partial charge in [-0.05, 0) is 31.0 Å². The van der Waals surface area contributed by atoms with Crippen molar-refractivity contribution in [1.82, 2.24) is 10.3 Å². The zero-order valence-corrected chi connectivity index (χ0v) is 8.24. The zero-order chi connectivity index (χ0) is 9.86. The number of hydrogen-bond acceptors (Lipinski definition) is 3. The largest absolute Gasteiger partial charge is 0.396 e. The van der Waals surface area contributed by atoms with Crippen molar-refractivity contribution in [3.05, 3.63) is 30.1 Å². The van der Waals surface area contributed by atoms with E-state index < -0.39 is 0 Å². The lowest BCUT2D eigenvalue weighted by Crippen LogP contribution is -2.30. The van der Waals surface area contributed by atoms with Crippen molar-refractivity contribution < 1.29 is 5.11 Å². The Kier molecular flexibility index (Phi) is 2.79. The second-order valence-electron chi connectivity index (χ2n) is 3.92. The quantitative estimate of drug-likeness (QED) is 0.741. The first-order chi connectivity index (χ1) is 6.87. The number of hydrogen-bond donors (Lipinski definition) is 2. The lowest BCUT2D eigenvalue weighted by molar-refractivity contribution is 0.243. The van der Waals surface area contributed by atoms with Crippen molar-refractivity contribution in [2.24, 2.45) is 0 Å². The van der Waals surface area contributed by atoms with Gasteiger partial charge < -0.3 is 10.4 Å². The van der Waals surface area contributed by atoms with E-state index in [0.717, 1.165) is 25.9 Å². The summed E-state index contributed by atoms with van der Waals surface area (Å²) in [6.07, 6.45) is 5.63. The van der Waals surface area contributed by atoms with E-state index in [1.165, 1.54) is 5.56 Å². The maximum Gasteiger partial charge on any atom is 0.0440 e. The highest BCUT2D eigenvalue weighted by atomic mass is 16.3. The van der Waals surface area contributed by atoms with Gasteiger partial charge in [0.1, 0.15) is 0 Å². The summed E-state index contributed by atoms with van der Waals surface area (Å²) in [7, 11) is 0. The van der Waals surface area contributed by atoms with E-state index in [1.54, 1.807) is 6.20 Å². The highest BCUT2D eigenvalue weighted by Gasteiger charge is 2.34. The van der Waals surface area contributed by atoms with Crippen LogP contribution in [-0.2, 0) is 5.41 Å². The van der Waals surface area contributed by atoms with Gasteiger partial charge in [-0.2, -0.15) is 0 Å². The molecule has 0 radical (unpaired) electrons. The molecule has 0 amide bonds. The minimum Gasteiger partial charge on any atom is -0.396 e. The highest BCUT2D eigenvalue weighted by molar-refractivity contribution is 5.24. The van der Waals surface area contributed by atoms with E-state index in [2.05, 4.69) is 16.4 Å². The van der Waals surface area contributed by atoms with E-state index in [0.29, 0.717) is 0 Å². The zero-order valence-electron chi connectivity index (χ0n) is 8.24. The van der Waals surface area contributed by atoms with Gasteiger partial charge >= 0.3 is 0 Å². The fraction of sp³-hybridized carbons (Fsp3) is 0.545. The summed E-state index contributed by atoms with van der Waals surface area (Å²) in [4.78, 5) is 4.15. The summed E-state index contributed by atoms with van der Waals surface area (Å²) in [6.45, 7) is 2.24. The van der Waals surface area contributed by atoms with Crippen LogP contribution in [-0.4, -0.2) is 29.8 Å². The van der Waals surface area contributed by atoms with Crippen molar-refractivity contribution in [3.63, 3.8) is 0 Å². The van der Waals surface area contributed by atoms with Crippen LogP contribution in [0.25, 0.3) is 0 Å². The van der Waals surface area contributed by atoms with Gasteiger partial charge in [0, 0.05) is 31.0 Å². The van der Waals surface area contributed by atoms with Crippen LogP contribution < -0.4 is 5.32 Å². The number of aliphatic hydroxyl groups excluding tert-OH is 1. The van der Waals surface area contributed by atoms with Gasteiger partial charge in [0.2, 0.25) is 0 Å². The number of pyridine rings is 1. The molecule has 0 aliphatic carbocycles. The van der Waals surface area contributed by atoms with E-state index in [1.807, 2.05) is 12.3 Å². The van der Waals surface area contributed by atoms with Gasteiger partial charge in [-0.25, -0.2) is 0 Å². The Bertz CT molecular complexity index is 281. The van der Waals surface area contributed by atoms with E-state index >= 15 is 0 Å². The summed E-state index contributed by atoms with van der Waals surface area (Å²) in [5.74, 6) is 0. The van der Waals surface area contributed by atoms with Crippen molar-refractivity contribution in [2.75, 3.05) is 19.7 Å². The first kappa shape index (κ1) is 9.62. The van der Waals surface area contributed by atoms with Gasteiger partial charge in [-0.1, -0.05) is 6.07 Å². The lowest BCUT2D eigenvalue weighted by atomic mass is 9.78. The normalized spacial score (nSPS) is 26.6. The highest BCUT2D eigenvalue weighted by Crippen LogP contribution is 2.33. The molecule has 0 spiro atoms. The van der Waals surface area contributed by atoms with Crippen LogP contribution in [0.2, 0.25) is 0 Å². The molecule has 1 aliphatic heterocycles. The summed E-state index contributed by atoms with van der Waals surface area (Å²) in [6, 6.07) is 4.07. The van der Waals surface area contributed by atoms with Gasteiger partial charge in [0.25, 0.3) is 0 Å². The van der Waals surface area contributed by atoms with Crippen molar-refractivity contribution in [3.8, 4) is 0 Å². The third-order valence-corrected chi connectivity index (χ3v) is 3.11. The molecule has 1 unspecified atom stereocenters. The van der Waals surface area contributed by atoms with Gasteiger partial charge in [0.05, 0.1) is 0 Å². The molecule has 1 aromatic rings. The average Bonchev–Trinajstić information content (AvgIpc) is 2.70. The lowest BCUT2D eigenvalue weighted by Gasteiger charge is -2.27. The molecule has 2 rings (SSSR count). The standard InChI is InChI=1S/C11H16N2O/c14-7-4-11(3-6-13-9-11)10-2-1-5-12-8-10/h1-2,5,8,13-14H,3-4,6-7,9H2. The smallest absolute Gasteiger partial charge is 0.0440 e. The summed E-state index contributed by atoms with van der Waals surface area (Å²) in [5.41, 5.74) is 1.36. The van der Waals surface area contributed by atoms with Crippen LogP contribution in [0.3, 0.4) is 0 Å². The second kappa shape index (κ2) is 4.07. The number of nitrogens with zero attached hydrogens (tertiary/aromatic N) is 1. The molecule has 1 aromatic heterocycles. The molecule has 3 nitrogen and oxygen atoms in total. The van der Waals surface area contributed by atoms with Gasteiger partial charge in [-0.15, -0.1) is 0 Å². The molecular formula is C11H16N2O. The molecule has 1 aliphatic rings. The Morgan fingerprint density at radius 1 is 1.57 bits per heavy atom. The van der Waals surface area contributed by atoms with E-state index in [9.17, 15) is 0 Å². The maximum atomic E-state index is 9.11. The van der Waals surface area contributed by atoms with Crippen molar-refractivity contribution in [2.45, 2.75) is 18.3 Å². The third kappa shape index (κ3) is 1.65. The van der Waals surface area contributed by atoms with Gasteiger partial charge in [-0.3, -0.25) is 4.98 Å². The topological polar surface area (TPSA) is 45.2 Å². The molecular weight excluding hydrogens is 176 g/mol.